The summed E-state index contributed by atoms with van der Waals surface area (Å²) in [5.74, 6) is -2.98. The van der Waals surface area contributed by atoms with Gasteiger partial charge in [0.25, 0.3) is 0 Å². The number of carbonyl (C=O) groups is 4. The van der Waals surface area contributed by atoms with Gasteiger partial charge < -0.3 is 31.3 Å². The minimum Gasteiger partial charge on any atom is -0.477 e. The van der Waals surface area contributed by atoms with E-state index in [0.717, 1.165) is 0 Å². The van der Waals surface area contributed by atoms with Crippen molar-refractivity contribution in [2.75, 3.05) is 19.6 Å². The van der Waals surface area contributed by atoms with Crippen LogP contribution in [-0.2, 0) is 25.7 Å². The molecule has 4 aliphatic rings. The Bertz CT molecular complexity index is 1160. The summed E-state index contributed by atoms with van der Waals surface area (Å²) in [4.78, 5) is 53.9. The van der Waals surface area contributed by atoms with Gasteiger partial charge in [0, 0.05) is 35.2 Å². The lowest BCUT2D eigenvalue weighted by Gasteiger charge is -2.47. The van der Waals surface area contributed by atoms with E-state index in [2.05, 4.69) is 26.2 Å². The van der Waals surface area contributed by atoms with Crippen molar-refractivity contribution < 1.29 is 28.7 Å². The number of thioether (sulfide) groups is 1. The summed E-state index contributed by atoms with van der Waals surface area (Å²) >= 11 is 1.36. The molecule has 3 saturated heterocycles. The van der Waals surface area contributed by atoms with Gasteiger partial charge in [-0.2, -0.15) is 0 Å². The van der Waals surface area contributed by atoms with E-state index < -0.39 is 42.2 Å². The Hall–Kier alpha value is -3.11. The van der Waals surface area contributed by atoms with Gasteiger partial charge in [-0.25, -0.2) is 13.9 Å². The van der Waals surface area contributed by atoms with E-state index in [9.17, 15) is 28.7 Å². The van der Waals surface area contributed by atoms with E-state index in [1.807, 2.05) is 6.92 Å². The normalized spacial score (nSPS) is 33.4. The number of carboxylic acid groups (broad SMARTS) is 1. The second-order valence-electron chi connectivity index (χ2n) is 10.3. The summed E-state index contributed by atoms with van der Waals surface area (Å²) in [7, 11) is 0. The summed E-state index contributed by atoms with van der Waals surface area (Å²) in [5.41, 5.74) is 5.67. The van der Waals surface area contributed by atoms with Crippen LogP contribution >= 0.6 is 11.8 Å². The number of amides is 3. The maximum atomic E-state index is 13.8. The van der Waals surface area contributed by atoms with Crippen molar-refractivity contribution in [2.45, 2.75) is 62.4 Å². The van der Waals surface area contributed by atoms with Gasteiger partial charge >= 0.3 is 5.97 Å². The van der Waals surface area contributed by atoms with E-state index in [0.29, 0.717) is 17.9 Å². The molecular weight excluding hydrogens is 521 g/mol. The monoisotopic (exact) mass is 551 g/mol. The van der Waals surface area contributed by atoms with Crippen molar-refractivity contribution >= 4 is 35.5 Å². The fourth-order valence-corrected chi connectivity index (χ4v) is 7.31. The molecule has 5 heterocycles. The molecule has 0 aliphatic carbocycles. The highest BCUT2D eigenvalue weighted by Crippen LogP contribution is 2.51. The van der Waals surface area contributed by atoms with E-state index in [1.54, 1.807) is 6.92 Å². The fourth-order valence-electron chi connectivity index (χ4n) is 5.84. The Balaban J connectivity index is 1.23. The molecule has 16 heteroatoms. The van der Waals surface area contributed by atoms with E-state index in [4.69, 9.17) is 5.73 Å². The molecule has 0 bridgehead atoms. The topological polar surface area (TPSA) is 189 Å². The molecule has 0 aromatic carbocycles. The Kier molecular flexibility index (Phi) is 7.13. The number of hydrogen-bond donors (Lipinski definition) is 4. The van der Waals surface area contributed by atoms with Crippen LogP contribution in [0.1, 0.15) is 20.3 Å². The van der Waals surface area contributed by atoms with Crippen LogP contribution in [0.25, 0.3) is 0 Å². The smallest absolute Gasteiger partial charge is 0.353 e. The van der Waals surface area contributed by atoms with Crippen molar-refractivity contribution in [1.82, 2.24) is 40.6 Å². The average molecular weight is 552 g/mol. The van der Waals surface area contributed by atoms with Gasteiger partial charge in [0.15, 0.2) is 0 Å². The SMILES string of the molecule is C[C@@H](NC(=O)Cn1cnnn1)[C@H]1C(=O)N2C(C(=O)O)=C(S[C@@H]3CNC(C(=O)N4CC(N)C(F)C4)C3)[C@H](C)[C@H]12. The molecule has 206 valence electrons. The molecule has 0 spiro atoms. The molecular formula is C22H30FN9O5S. The molecule has 8 atom stereocenters. The molecule has 1 aromatic heterocycles. The summed E-state index contributed by atoms with van der Waals surface area (Å²) in [6, 6.07) is -2.12. The second kappa shape index (κ2) is 10.2. The van der Waals surface area contributed by atoms with Gasteiger partial charge in [0.2, 0.25) is 17.7 Å². The minimum atomic E-state index is -1.24. The lowest BCUT2D eigenvalue weighted by Crippen LogP contribution is -2.66. The first kappa shape index (κ1) is 26.5. The van der Waals surface area contributed by atoms with Crippen molar-refractivity contribution in [1.29, 1.82) is 0 Å². The third kappa shape index (κ3) is 4.64. The van der Waals surface area contributed by atoms with Gasteiger partial charge in [-0.05, 0) is 23.8 Å². The number of rotatable bonds is 8. The maximum absolute atomic E-state index is 13.8. The molecule has 3 fully saturated rings. The van der Waals surface area contributed by atoms with Gasteiger partial charge in [-0.3, -0.25) is 14.4 Å². The number of carboxylic acids is 1. The Morgan fingerprint density at radius 2 is 2.13 bits per heavy atom. The van der Waals surface area contributed by atoms with Crippen molar-refractivity contribution in [3.05, 3.63) is 16.9 Å². The molecule has 38 heavy (non-hydrogen) atoms. The number of hydrogen-bond acceptors (Lipinski definition) is 10. The van der Waals surface area contributed by atoms with Crippen molar-refractivity contribution in [3.63, 3.8) is 0 Å². The van der Waals surface area contributed by atoms with Crippen LogP contribution in [0.5, 0.6) is 0 Å². The second-order valence-corrected chi connectivity index (χ2v) is 11.6. The van der Waals surface area contributed by atoms with E-state index >= 15 is 0 Å². The molecule has 0 radical (unpaired) electrons. The zero-order valence-electron chi connectivity index (χ0n) is 20.9. The molecule has 4 aliphatic heterocycles. The van der Waals surface area contributed by atoms with Gasteiger partial charge in [0.05, 0.1) is 30.6 Å². The van der Waals surface area contributed by atoms with Crippen molar-refractivity contribution in [3.8, 4) is 0 Å². The highest BCUT2D eigenvalue weighted by atomic mass is 32.2. The number of β-lactam (4-membered cyclic amide) rings is 1. The zero-order valence-corrected chi connectivity index (χ0v) is 21.7. The number of nitrogens with two attached hydrogens (primary N) is 1. The summed E-state index contributed by atoms with van der Waals surface area (Å²) in [5, 5.41) is 26.5. The average Bonchev–Trinajstić information content (AvgIpc) is 3.63. The number of alkyl halides is 1. The molecule has 3 unspecified atom stereocenters. The molecule has 5 N–H and O–H groups in total. The standard InChI is InChI=1S/C22H30FN9O5S/c1-9-17-16(10(2)27-15(33)7-31-8-26-28-29-31)21(35)32(17)18(22(36)37)19(9)38-11-3-14(25-4-11)20(34)30-5-12(23)13(24)6-30/h8-14,16-17,25H,3-7,24H2,1-2H3,(H,27,33)(H,36,37)/t9-,10-,11+,12?,13?,14?,16-,17-/m1/s1. The highest BCUT2D eigenvalue weighted by Gasteiger charge is 2.60. The van der Waals surface area contributed by atoms with E-state index in [1.165, 1.54) is 32.6 Å². The number of halogens is 1. The van der Waals surface area contributed by atoms with Gasteiger partial charge in [0.1, 0.15) is 24.7 Å². The number of tetrazole rings is 1. The van der Waals surface area contributed by atoms with Crippen molar-refractivity contribution in [2.24, 2.45) is 17.6 Å². The quantitative estimate of drug-likeness (QED) is 0.260. The van der Waals surface area contributed by atoms with Gasteiger partial charge in [-0.15, -0.1) is 16.9 Å². The van der Waals surface area contributed by atoms with Gasteiger partial charge in [-0.1, -0.05) is 6.92 Å². The predicted octanol–water partition coefficient (Wildman–Crippen LogP) is -2.08. The van der Waals surface area contributed by atoms with E-state index in [-0.39, 0.29) is 54.2 Å². The lowest BCUT2D eigenvalue weighted by molar-refractivity contribution is -0.158. The third-order valence-corrected chi connectivity index (χ3v) is 9.21. The van der Waals surface area contributed by atoms with Crippen LogP contribution in [-0.4, -0.2) is 114 Å². The number of likely N-dealkylation sites (tertiary alicyclic amines) is 1. The number of aliphatic carboxylic acids is 1. The number of fused-ring (bicyclic) bond motifs is 1. The fraction of sp³-hybridized carbons (Fsp3) is 0.682. The first-order valence-corrected chi connectivity index (χ1v) is 13.3. The predicted molar refractivity (Wildman–Crippen MR) is 131 cm³/mol. The Morgan fingerprint density at radius 3 is 2.76 bits per heavy atom. The Labute approximate surface area is 221 Å². The summed E-state index contributed by atoms with van der Waals surface area (Å²) < 4.78 is 15.1. The van der Waals surface area contributed by atoms with Crippen LogP contribution in [0.4, 0.5) is 4.39 Å². The highest BCUT2D eigenvalue weighted by molar-refractivity contribution is 8.03. The molecule has 0 saturated carbocycles. The summed E-state index contributed by atoms with van der Waals surface area (Å²) in [6.07, 6.45) is 0.510. The lowest BCUT2D eigenvalue weighted by atomic mass is 9.78. The number of nitrogens with one attached hydrogen (secondary N) is 2. The first-order chi connectivity index (χ1) is 18.1. The van der Waals surface area contributed by atoms with Crippen LogP contribution in [0.15, 0.2) is 16.9 Å². The molecule has 14 nitrogen and oxygen atoms in total. The third-order valence-electron chi connectivity index (χ3n) is 7.70. The Morgan fingerprint density at radius 1 is 1.37 bits per heavy atom. The number of carbonyl (C=O) groups excluding carboxylic acids is 3. The van der Waals surface area contributed by atoms with Crippen LogP contribution in [0.3, 0.4) is 0 Å². The van der Waals surface area contributed by atoms with Crippen LogP contribution in [0, 0.1) is 11.8 Å². The largest absolute Gasteiger partial charge is 0.477 e. The maximum Gasteiger partial charge on any atom is 0.353 e. The molecule has 5 rings (SSSR count). The van der Waals surface area contributed by atoms with Crippen LogP contribution < -0.4 is 16.4 Å². The molecule has 1 aromatic rings. The molecule has 3 amide bonds. The number of aromatic nitrogens is 4. The summed E-state index contributed by atoms with van der Waals surface area (Å²) in [6.45, 7) is 4.11. The number of nitrogens with zero attached hydrogens (tertiary/aromatic N) is 6. The minimum absolute atomic E-state index is 0.0219. The first-order valence-electron chi connectivity index (χ1n) is 12.5. The van der Waals surface area contributed by atoms with Crippen LogP contribution in [0.2, 0.25) is 0 Å². The zero-order chi connectivity index (χ0) is 27.3.